The molecule has 0 aliphatic heterocycles. The van der Waals surface area contributed by atoms with Crippen LogP contribution in [0, 0.1) is 0 Å². The van der Waals surface area contributed by atoms with E-state index in [9.17, 15) is 32.3 Å². The van der Waals surface area contributed by atoms with Gasteiger partial charge in [-0.2, -0.15) is 0 Å². The Kier molecular flexibility index (Phi) is 8.16. The van der Waals surface area contributed by atoms with Crippen LogP contribution >= 0.6 is 46.4 Å². The third kappa shape index (κ3) is 6.52. The lowest BCUT2D eigenvalue weighted by molar-refractivity contribution is -0.0193. The Morgan fingerprint density at radius 1 is 0.657 bits per heavy atom. The van der Waals surface area contributed by atoms with E-state index in [-0.39, 0.29) is 20.1 Å². The minimum atomic E-state index is -3.53. The number of alkyl halides is 4. The third-order valence-corrected chi connectivity index (χ3v) is 6.00. The highest BCUT2D eigenvalue weighted by atomic mass is 35.5. The number of hydrogen-bond donors (Lipinski definition) is 1. The summed E-state index contributed by atoms with van der Waals surface area (Å²) in [4.78, 5) is 24.9. The third-order valence-electron chi connectivity index (χ3n) is 5.13. The number of aromatic hydroxyl groups is 1. The number of rotatable bonds is 8. The molecule has 0 amide bonds. The first-order chi connectivity index (χ1) is 16.2. The maximum Gasteiger partial charge on any atom is 0.333 e. The first-order valence-corrected chi connectivity index (χ1v) is 11.4. The molecule has 0 unspecified atom stereocenters. The van der Waals surface area contributed by atoms with Crippen LogP contribution in [-0.4, -0.2) is 14.2 Å². The Balaban J connectivity index is 1.85. The highest BCUT2D eigenvalue weighted by Gasteiger charge is 2.34. The summed E-state index contributed by atoms with van der Waals surface area (Å²) < 4.78 is 59.7. The van der Waals surface area contributed by atoms with E-state index in [1.807, 2.05) is 0 Å². The van der Waals surface area contributed by atoms with Crippen LogP contribution in [0.3, 0.4) is 0 Å². The average molecular weight is 574 g/mol. The summed E-state index contributed by atoms with van der Waals surface area (Å²) in [6.45, 7) is -1.50. The summed E-state index contributed by atoms with van der Waals surface area (Å²) in [5.74, 6) is -7.92. The van der Waals surface area contributed by atoms with Gasteiger partial charge < -0.3 is 5.11 Å². The topological polar surface area (TPSA) is 64.2 Å². The van der Waals surface area contributed by atoms with Gasteiger partial charge in [0.05, 0.1) is 6.07 Å². The van der Waals surface area contributed by atoms with E-state index in [1.165, 1.54) is 12.1 Å². The predicted octanol–water partition coefficient (Wildman–Crippen LogP) is 6.69. The molecule has 0 radical (unpaired) electrons. The quantitative estimate of drug-likeness (QED) is 0.305. The summed E-state index contributed by atoms with van der Waals surface area (Å²) in [6.07, 6.45) is -1.98. The van der Waals surface area contributed by atoms with Crippen molar-refractivity contribution in [1.82, 2.24) is 9.13 Å². The van der Waals surface area contributed by atoms with Gasteiger partial charge in [-0.15, -0.1) is 0 Å². The zero-order valence-corrected chi connectivity index (χ0v) is 20.6. The molecular formula is C22H16Cl4F4N2O3. The Hall–Kier alpha value is -2.20. The molecule has 35 heavy (non-hydrogen) atoms. The van der Waals surface area contributed by atoms with Gasteiger partial charge in [-0.25, -0.2) is 22.4 Å². The summed E-state index contributed by atoms with van der Waals surface area (Å²) in [5, 5.41) is 9.90. The molecule has 0 bridgehead atoms. The lowest BCUT2D eigenvalue weighted by Gasteiger charge is -2.20. The van der Waals surface area contributed by atoms with Crippen molar-refractivity contribution in [3.8, 4) is 5.88 Å². The fraction of sp³-hybridized carbons (Fsp3) is 0.273. The van der Waals surface area contributed by atoms with Gasteiger partial charge in [0, 0.05) is 57.1 Å². The fourth-order valence-electron chi connectivity index (χ4n) is 3.34. The van der Waals surface area contributed by atoms with Crippen LogP contribution in [0.4, 0.5) is 17.6 Å². The Morgan fingerprint density at radius 3 is 1.43 bits per heavy atom. The van der Waals surface area contributed by atoms with E-state index in [0.717, 1.165) is 24.3 Å². The largest absolute Gasteiger partial charge is 0.494 e. The molecule has 5 nitrogen and oxygen atoms in total. The molecule has 1 heterocycles. The van der Waals surface area contributed by atoms with Gasteiger partial charge in [0.15, 0.2) is 0 Å². The molecule has 0 fully saturated rings. The zero-order chi connectivity index (χ0) is 26.1. The first kappa shape index (κ1) is 27.4. The number of benzene rings is 2. The molecule has 13 heteroatoms. The second kappa shape index (κ2) is 10.4. The van der Waals surface area contributed by atoms with Crippen LogP contribution in [0.2, 0.25) is 20.1 Å². The maximum absolute atomic E-state index is 14.7. The monoisotopic (exact) mass is 572 g/mol. The highest BCUT2D eigenvalue weighted by Crippen LogP contribution is 2.36. The number of nitrogens with zero attached hydrogens (tertiary/aromatic N) is 2. The Bertz CT molecular complexity index is 1340. The smallest absolute Gasteiger partial charge is 0.333 e. The van der Waals surface area contributed by atoms with Crippen molar-refractivity contribution in [3.63, 3.8) is 0 Å². The van der Waals surface area contributed by atoms with E-state index < -0.39 is 66.0 Å². The summed E-state index contributed by atoms with van der Waals surface area (Å²) >= 11 is 23.1. The average Bonchev–Trinajstić information content (AvgIpc) is 2.71. The summed E-state index contributed by atoms with van der Waals surface area (Å²) in [6, 6.07) is 7.11. The predicted molar refractivity (Wildman–Crippen MR) is 127 cm³/mol. The zero-order valence-electron chi connectivity index (χ0n) is 17.6. The molecule has 0 aliphatic rings. The summed E-state index contributed by atoms with van der Waals surface area (Å²) in [7, 11) is 0. The van der Waals surface area contributed by atoms with E-state index in [4.69, 9.17) is 46.4 Å². The minimum absolute atomic E-state index is 0.0253. The van der Waals surface area contributed by atoms with Gasteiger partial charge in [-0.05, 0) is 36.4 Å². The SMILES string of the molecule is O=c1cc(O)n(CCC(F)(F)c2cc(Cl)cc(Cl)c2)c(=O)n1CCC(F)(F)c1cc(Cl)cc(Cl)c1. The maximum atomic E-state index is 14.7. The molecule has 0 aliphatic carbocycles. The molecule has 0 atom stereocenters. The lowest BCUT2D eigenvalue weighted by Crippen LogP contribution is -2.40. The molecular weight excluding hydrogens is 558 g/mol. The molecule has 1 N–H and O–H groups in total. The molecule has 0 spiro atoms. The molecule has 3 rings (SSSR count). The van der Waals surface area contributed by atoms with Crippen LogP contribution < -0.4 is 11.2 Å². The Labute approximate surface area is 216 Å². The lowest BCUT2D eigenvalue weighted by atomic mass is 10.1. The van der Waals surface area contributed by atoms with E-state index in [1.54, 1.807) is 0 Å². The molecule has 188 valence electrons. The Morgan fingerprint density at radius 2 is 1.03 bits per heavy atom. The fourth-order valence-corrected chi connectivity index (χ4v) is 4.40. The van der Waals surface area contributed by atoms with Gasteiger partial charge in [-0.3, -0.25) is 13.9 Å². The second-order valence-corrected chi connectivity index (χ2v) is 9.40. The standard InChI is InChI=1S/C22H16Cl4F4N2O3/c23-14-5-12(6-15(24)9-14)21(27,28)1-3-31-18(33)11-19(34)32(20(31)35)4-2-22(29,30)13-7-16(25)10-17(26)8-13/h5-11,33H,1-4H2. The molecule has 0 saturated carbocycles. The van der Waals surface area contributed by atoms with Gasteiger partial charge >= 0.3 is 5.69 Å². The van der Waals surface area contributed by atoms with Crippen LogP contribution in [0.5, 0.6) is 5.88 Å². The van der Waals surface area contributed by atoms with Gasteiger partial charge in [0.1, 0.15) is 0 Å². The number of hydrogen-bond acceptors (Lipinski definition) is 3. The second-order valence-electron chi connectivity index (χ2n) is 7.65. The first-order valence-electron chi connectivity index (χ1n) is 9.92. The molecule has 1 aromatic heterocycles. The minimum Gasteiger partial charge on any atom is -0.494 e. The van der Waals surface area contributed by atoms with Crippen LogP contribution in [0.1, 0.15) is 24.0 Å². The molecule has 2 aromatic carbocycles. The number of aromatic nitrogens is 2. The highest BCUT2D eigenvalue weighted by molar-refractivity contribution is 6.35. The normalized spacial score (nSPS) is 12.2. The van der Waals surface area contributed by atoms with Crippen molar-refractivity contribution in [2.24, 2.45) is 0 Å². The van der Waals surface area contributed by atoms with E-state index >= 15 is 0 Å². The van der Waals surface area contributed by atoms with Crippen molar-refractivity contribution in [3.05, 3.63) is 94.5 Å². The van der Waals surface area contributed by atoms with E-state index in [2.05, 4.69) is 0 Å². The van der Waals surface area contributed by atoms with Crippen molar-refractivity contribution in [2.45, 2.75) is 37.8 Å². The van der Waals surface area contributed by atoms with Crippen molar-refractivity contribution < 1.29 is 22.7 Å². The van der Waals surface area contributed by atoms with E-state index in [0.29, 0.717) is 15.2 Å². The number of halogens is 8. The van der Waals surface area contributed by atoms with Crippen molar-refractivity contribution >= 4 is 46.4 Å². The van der Waals surface area contributed by atoms with Crippen molar-refractivity contribution in [1.29, 1.82) is 0 Å². The van der Waals surface area contributed by atoms with Gasteiger partial charge in [0.2, 0.25) is 5.88 Å². The van der Waals surface area contributed by atoms with Gasteiger partial charge in [-0.1, -0.05) is 46.4 Å². The molecule has 3 aromatic rings. The van der Waals surface area contributed by atoms with Gasteiger partial charge in [0.25, 0.3) is 17.4 Å². The van der Waals surface area contributed by atoms with Crippen LogP contribution in [0.25, 0.3) is 0 Å². The van der Waals surface area contributed by atoms with Crippen LogP contribution in [0.15, 0.2) is 52.1 Å². The van der Waals surface area contributed by atoms with Crippen molar-refractivity contribution in [2.75, 3.05) is 0 Å². The van der Waals surface area contributed by atoms with Crippen LogP contribution in [-0.2, 0) is 24.9 Å². The summed E-state index contributed by atoms with van der Waals surface area (Å²) in [5.41, 5.74) is -3.34. The molecule has 0 saturated heterocycles.